The van der Waals surface area contributed by atoms with Crippen LogP contribution in [0.4, 0.5) is 5.69 Å². The van der Waals surface area contributed by atoms with E-state index in [1.165, 1.54) is 11.8 Å². The molecule has 1 saturated heterocycles. The molecule has 1 fully saturated rings. The number of halogens is 1. The van der Waals surface area contributed by atoms with E-state index in [1.54, 1.807) is 23.9 Å². The average molecular weight is 550 g/mol. The van der Waals surface area contributed by atoms with Crippen molar-refractivity contribution in [3.05, 3.63) is 82.4 Å². The maximum atomic E-state index is 13.7. The Labute approximate surface area is 230 Å². The Kier molecular flexibility index (Phi) is 7.80. The number of hydrogen-bond donors (Lipinski definition) is 0. The molecule has 2 aromatic heterocycles. The molecule has 2 aromatic carbocycles. The van der Waals surface area contributed by atoms with Crippen molar-refractivity contribution >= 4 is 35.0 Å². The van der Waals surface area contributed by atoms with E-state index in [0.717, 1.165) is 41.6 Å². The molecule has 0 radical (unpaired) electrons. The standard InChI is InChI=1S/C27H28ClN7O2S/c1-18-16-19(2)30-27(29-18)38-17-24-25(31-32-35(24)22-6-4-20(28)5-7-22)26(36)34-14-12-33(13-15-34)21-8-10-23(37-3)11-9-21/h4-11,16H,12-15,17H2,1-3H3. The largest absolute Gasteiger partial charge is 0.497 e. The van der Waals surface area contributed by atoms with Crippen molar-refractivity contribution in [1.29, 1.82) is 0 Å². The van der Waals surface area contributed by atoms with Gasteiger partial charge in [-0.1, -0.05) is 28.6 Å². The Bertz CT molecular complexity index is 1400. The lowest BCUT2D eigenvalue weighted by Gasteiger charge is -2.36. The van der Waals surface area contributed by atoms with Crippen LogP contribution < -0.4 is 9.64 Å². The van der Waals surface area contributed by atoms with E-state index >= 15 is 0 Å². The van der Waals surface area contributed by atoms with Gasteiger partial charge in [0.25, 0.3) is 5.91 Å². The number of methoxy groups -OCH3 is 1. The molecule has 0 atom stereocenters. The van der Waals surface area contributed by atoms with Crippen molar-refractivity contribution < 1.29 is 9.53 Å². The quantitative estimate of drug-likeness (QED) is 0.244. The number of piperazine rings is 1. The van der Waals surface area contributed by atoms with Gasteiger partial charge in [-0.15, -0.1) is 5.10 Å². The van der Waals surface area contributed by atoms with Crippen molar-refractivity contribution in [3.63, 3.8) is 0 Å². The maximum absolute atomic E-state index is 13.7. The fourth-order valence-corrected chi connectivity index (χ4v) is 5.46. The van der Waals surface area contributed by atoms with Gasteiger partial charge in [0.15, 0.2) is 10.9 Å². The van der Waals surface area contributed by atoms with Gasteiger partial charge in [-0.2, -0.15) is 0 Å². The topological polar surface area (TPSA) is 89.3 Å². The molecule has 3 heterocycles. The highest BCUT2D eigenvalue weighted by Gasteiger charge is 2.28. The predicted molar refractivity (Wildman–Crippen MR) is 149 cm³/mol. The molecule has 9 nitrogen and oxygen atoms in total. The molecule has 0 aliphatic carbocycles. The number of anilines is 1. The van der Waals surface area contributed by atoms with Crippen LogP contribution in [0.25, 0.3) is 5.69 Å². The number of aromatic nitrogens is 5. The molecule has 4 aromatic rings. The summed E-state index contributed by atoms with van der Waals surface area (Å²) >= 11 is 7.56. The van der Waals surface area contributed by atoms with Gasteiger partial charge in [0, 0.05) is 54.0 Å². The van der Waals surface area contributed by atoms with Crippen LogP contribution in [-0.2, 0) is 5.75 Å². The second-order valence-corrected chi connectivity index (χ2v) is 10.4. The van der Waals surface area contributed by atoms with Crippen LogP contribution in [0.1, 0.15) is 27.6 Å². The van der Waals surface area contributed by atoms with Crippen molar-refractivity contribution in [1.82, 2.24) is 29.9 Å². The fraction of sp³-hybridized carbons (Fsp3) is 0.296. The van der Waals surface area contributed by atoms with Crippen LogP contribution in [0.15, 0.2) is 59.8 Å². The third kappa shape index (κ3) is 5.76. The van der Waals surface area contributed by atoms with Crippen molar-refractivity contribution in [2.45, 2.75) is 24.8 Å². The van der Waals surface area contributed by atoms with Crippen LogP contribution in [-0.4, -0.2) is 69.1 Å². The number of thioether (sulfide) groups is 1. The molecule has 196 valence electrons. The van der Waals surface area contributed by atoms with Crippen LogP contribution in [0.3, 0.4) is 0 Å². The highest BCUT2D eigenvalue weighted by atomic mass is 35.5. The van der Waals surface area contributed by atoms with Gasteiger partial charge in [-0.3, -0.25) is 4.79 Å². The molecule has 0 bridgehead atoms. The summed E-state index contributed by atoms with van der Waals surface area (Å²) in [5.74, 6) is 1.13. The van der Waals surface area contributed by atoms with E-state index in [-0.39, 0.29) is 5.91 Å². The number of aryl methyl sites for hydroxylation is 2. The highest BCUT2D eigenvalue weighted by molar-refractivity contribution is 7.98. The number of carbonyl (C=O) groups excluding carboxylic acids is 1. The van der Waals surface area contributed by atoms with Gasteiger partial charge < -0.3 is 14.5 Å². The molecule has 38 heavy (non-hydrogen) atoms. The van der Waals surface area contributed by atoms with E-state index in [4.69, 9.17) is 16.3 Å². The maximum Gasteiger partial charge on any atom is 0.276 e. The number of hydrogen-bond acceptors (Lipinski definition) is 8. The third-order valence-corrected chi connectivity index (χ3v) is 7.45. The first-order valence-electron chi connectivity index (χ1n) is 12.2. The number of nitrogens with zero attached hydrogens (tertiary/aromatic N) is 7. The molecular formula is C27H28ClN7O2S. The van der Waals surface area contributed by atoms with Crippen LogP contribution in [0, 0.1) is 13.8 Å². The molecule has 11 heteroatoms. The summed E-state index contributed by atoms with van der Waals surface area (Å²) in [5, 5.41) is 9.97. The lowest BCUT2D eigenvalue weighted by molar-refractivity contribution is 0.0740. The number of amides is 1. The Morgan fingerprint density at radius 3 is 2.21 bits per heavy atom. The number of ether oxygens (including phenoxy) is 1. The summed E-state index contributed by atoms with van der Waals surface area (Å²) < 4.78 is 6.96. The zero-order chi connectivity index (χ0) is 26.6. The molecule has 5 rings (SSSR count). The molecular weight excluding hydrogens is 522 g/mol. The minimum absolute atomic E-state index is 0.128. The van der Waals surface area contributed by atoms with Crippen molar-refractivity contribution in [3.8, 4) is 11.4 Å². The van der Waals surface area contributed by atoms with Gasteiger partial charge in [0.05, 0.1) is 18.5 Å². The van der Waals surface area contributed by atoms with Gasteiger partial charge in [0.1, 0.15) is 5.75 Å². The third-order valence-electron chi connectivity index (χ3n) is 6.34. The summed E-state index contributed by atoms with van der Waals surface area (Å²) in [6.07, 6.45) is 0. The lowest BCUT2D eigenvalue weighted by atomic mass is 10.2. The Morgan fingerprint density at radius 2 is 1.58 bits per heavy atom. The fourth-order valence-electron chi connectivity index (χ4n) is 4.39. The normalized spacial score (nSPS) is 13.6. The number of benzene rings is 2. The van der Waals surface area contributed by atoms with Crippen molar-refractivity contribution in [2.24, 2.45) is 0 Å². The average Bonchev–Trinajstić information content (AvgIpc) is 3.35. The van der Waals surface area contributed by atoms with Gasteiger partial charge in [-0.05, 0) is 68.4 Å². The Morgan fingerprint density at radius 1 is 0.947 bits per heavy atom. The van der Waals surface area contributed by atoms with Gasteiger partial charge >= 0.3 is 0 Å². The monoisotopic (exact) mass is 549 g/mol. The van der Waals surface area contributed by atoms with E-state index in [1.807, 2.05) is 61.2 Å². The highest BCUT2D eigenvalue weighted by Crippen LogP contribution is 2.26. The van der Waals surface area contributed by atoms with Gasteiger partial charge in [-0.25, -0.2) is 14.6 Å². The second-order valence-electron chi connectivity index (χ2n) is 8.97. The number of carbonyl (C=O) groups is 1. The first-order valence-corrected chi connectivity index (χ1v) is 13.6. The summed E-state index contributed by atoms with van der Waals surface area (Å²) in [5.41, 5.74) is 4.72. The second kappa shape index (κ2) is 11.4. The van der Waals surface area contributed by atoms with E-state index in [2.05, 4.69) is 25.2 Å². The van der Waals surface area contributed by atoms with Crippen LogP contribution in [0.2, 0.25) is 5.02 Å². The zero-order valence-corrected chi connectivity index (χ0v) is 23.0. The smallest absolute Gasteiger partial charge is 0.276 e. The molecule has 0 unspecified atom stereocenters. The zero-order valence-electron chi connectivity index (χ0n) is 21.5. The summed E-state index contributed by atoms with van der Waals surface area (Å²) in [6, 6.07) is 17.2. The van der Waals surface area contributed by atoms with E-state index < -0.39 is 0 Å². The Balaban J connectivity index is 1.36. The molecule has 0 spiro atoms. The lowest BCUT2D eigenvalue weighted by Crippen LogP contribution is -2.49. The molecule has 1 amide bonds. The van der Waals surface area contributed by atoms with Gasteiger partial charge in [0.2, 0.25) is 0 Å². The Hall–Kier alpha value is -3.63. The van der Waals surface area contributed by atoms with Crippen LogP contribution in [0.5, 0.6) is 5.75 Å². The summed E-state index contributed by atoms with van der Waals surface area (Å²) in [4.78, 5) is 26.9. The van der Waals surface area contributed by atoms with Crippen molar-refractivity contribution in [2.75, 3.05) is 38.2 Å². The minimum Gasteiger partial charge on any atom is -0.497 e. The first kappa shape index (κ1) is 26.0. The SMILES string of the molecule is COc1ccc(N2CCN(C(=O)c3nnn(-c4ccc(Cl)cc4)c3CSc3nc(C)cc(C)n3)CC2)cc1. The summed E-state index contributed by atoms with van der Waals surface area (Å²) in [7, 11) is 1.66. The molecule has 1 aliphatic rings. The van der Waals surface area contributed by atoms with Crippen LogP contribution >= 0.6 is 23.4 Å². The number of rotatable bonds is 7. The summed E-state index contributed by atoms with van der Waals surface area (Å²) in [6.45, 7) is 6.52. The minimum atomic E-state index is -0.128. The first-order chi connectivity index (χ1) is 18.4. The molecule has 1 aliphatic heterocycles. The van der Waals surface area contributed by atoms with E-state index in [0.29, 0.717) is 40.4 Å². The molecule has 0 saturated carbocycles. The predicted octanol–water partition coefficient (Wildman–Crippen LogP) is 4.59. The van der Waals surface area contributed by atoms with E-state index in [9.17, 15) is 4.79 Å². The molecule has 0 N–H and O–H groups in total.